The number of rotatable bonds is 8. The number of nitrogens with zero attached hydrogens (tertiary/aromatic N) is 3. The van der Waals surface area contributed by atoms with E-state index >= 15 is 0 Å². The highest BCUT2D eigenvalue weighted by Crippen LogP contribution is 2.26. The Kier molecular flexibility index (Phi) is 6.95. The van der Waals surface area contributed by atoms with Crippen LogP contribution in [-0.4, -0.2) is 28.4 Å². The van der Waals surface area contributed by atoms with E-state index in [4.69, 9.17) is 20.8 Å². The summed E-state index contributed by atoms with van der Waals surface area (Å²) >= 11 is 6.19. The molecule has 0 spiro atoms. The first kappa shape index (κ1) is 21.6. The number of halogens is 1. The van der Waals surface area contributed by atoms with Gasteiger partial charge in [0.2, 0.25) is 0 Å². The lowest BCUT2D eigenvalue weighted by Crippen LogP contribution is -2.26. The number of benzene rings is 1. The van der Waals surface area contributed by atoms with Crippen molar-refractivity contribution in [1.29, 1.82) is 0 Å². The molecule has 0 bridgehead atoms. The van der Waals surface area contributed by atoms with Gasteiger partial charge in [0.1, 0.15) is 29.6 Å². The summed E-state index contributed by atoms with van der Waals surface area (Å²) < 4.78 is 13.1. The molecule has 3 rings (SSSR count). The van der Waals surface area contributed by atoms with Crippen LogP contribution >= 0.6 is 11.6 Å². The highest BCUT2D eigenvalue weighted by molar-refractivity contribution is 6.32. The quantitative estimate of drug-likeness (QED) is 0.525. The first-order valence-electron chi connectivity index (χ1n) is 9.71. The number of carbonyl (C=O) groups is 1. The zero-order valence-electron chi connectivity index (χ0n) is 17.5. The van der Waals surface area contributed by atoms with Gasteiger partial charge >= 0.3 is 0 Å². The van der Waals surface area contributed by atoms with Crippen molar-refractivity contribution in [3.63, 3.8) is 0 Å². The lowest BCUT2D eigenvalue weighted by atomic mass is 10.1. The van der Waals surface area contributed by atoms with Gasteiger partial charge in [0, 0.05) is 18.6 Å². The van der Waals surface area contributed by atoms with Gasteiger partial charge in [0.15, 0.2) is 5.69 Å². The molecule has 0 atom stereocenters. The molecule has 8 heteroatoms. The number of aryl methyl sites for hydroxylation is 3. The van der Waals surface area contributed by atoms with E-state index in [1.54, 1.807) is 25.5 Å². The van der Waals surface area contributed by atoms with Crippen LogP contribution in [0.3, 0.4) is 0 Å². The Morgan fingerprint density at radius 1 is 1.33 bits per heavy atom. The van der Waals surface area contributed by atoms with E-state index in [1.807, 2.05) is 39.0 Å². The van der Waals surface area contributed by atoms with E-state index in [-0.39, 0.29) is 12.5 Å². The molecule has 0 aliphatic carbocycles. The smallest absolute Gasteiger partial charge is 0.271 e. The monoisotopic (exact) mass is 428 g/mol. The molecule has 0 fully saturated rings. The van der Waals surface area contributed by atoms with Crippen molar-refractivity contribution in [1.82, 2.24) is 15.1 Å². The molecule has 0 saturated heterocycles. The topological polar surface area (TPSA) is 81.7 Å². The first-order valence-corrected chi connectivity index (χ1v) is 10.1. The molecule has 30 heavy (non-hydrogen) atoms. The first-order chi connectivity index (χ1) is 14.4. The Morgan fingerprint density at radius 3 is 2.77 bits per heavy atom. The lowest BCUT2D eigenvalue weighted by molar-refractivity contribution is 0.0945. The second-order valence-electron chi connectivity index (χ2n) is 6.98. The van der Waals surface area contributed by atoms with Gasteiger partial charge in [0.05, 0.1) is 12.4 Å². The number of hydrogen-bond acceptors (Lipinski definition) is 5. The third kappa shape index (κ3) is 5.10. The Bertz CT molecular complexity index is 1050. The number of aliphatic imine (C=N–C) groups is 1. The number of ether oxygens (including phenoxy) is 1. The third-order valence-corrected chi connectivity index (χ3v) is 5.07. The Morgan fingerprint density at radius 2 is 2.07 bits per heavy atom. The second-order valence-corrected chi connectivity index (χ2v) is 7.36. The second kappa shape index (κ2) is 9.63. The summed E-state index contributed by atoms with van der Waals surface area (Å²) in [7, 11) is 1.71. The van der Waals surface area contributed by atoms with E-state index in [9.17, 15) is 4.79 Å². The standard InChI is InChI=1S/C22H25ClN4O3/c1-5-8-24-22(28)21-19(12-26-27(21)4)25-11-16-6-7-17(30-16)13-29-18-9-14(2)20(23)15(3)10-18/h6-7,9-12H,5,8,13H2,1-4H3,(H,24,28). The Labute approximate surface area is 180 Å². The average molecular weight is 429 g/mol. The summed E-state index contributed by atoms with van der Waals surface area (Å²) in [5.74, 6) is 1.75. The van der Waals surface area contributed by atoms with E-state index in [1.165, 1.54) is 4.68 Å². The number of furan rings is 1. The maximum Gasteiger partial charge on any atom is 0.271 e. The largest absolute Gasteiger partial charge is 0.486 e. The molecule has 0 unspecified atom stereocenters. The van der Waals surface area contributed by atoms with E-state index < -0.39 is 0 Å². The Hall–Kier alpha value is -3.06. The molecule has 158 valence electrons. The van der Waals surface area contributed by atoms with Crippen molar-refractivity contribution in [2.24, 2.45) is 12.0 Å². The molecule has 1 amide bonds. The highest BCUT2D eigenvalue weighted by atomic mass is 35.5. The molecule has 3 aromatic rings. The van der Waals surface area contributed by atoms with Gasteiger partial charge in [-0.3, -0.25) is 9.48 Å². The molecule has 1 N–H and O–H groups in total. The van der Waals surface area contributed by atoms with Crippen LogP contribution in [0.25, 0.3) is 0 Å². The van der Waals surface area contributed by atoms with Crippen LogP contribution in [0.1, 0.15) is 46.5 Å². The van der Waals surface area contributed by atoms with Crippen LogP contribution < -0.4 is 10.1 Å². The van der Waals surface area contributed by atoms with E-state index in [2.05, 4.69) is 15.4 Å². The molecule has 2 heterocycles. The van der Waals surface area contributed by atoms with Crippen LogP contribution in [-0.2, 0) is 13.7 Å². The summed E-state index contributed by atoms with van der Waals surface area (Å²) in [5, 5.41) is 7.72. The fourth-order valence-corrected chi connectivity index (χ4v) is 3.03. The number of amides is 1. The maximum atomic E-state index is 12.3. The van der Waals surface area contributed by atoms with Crippen LogP contribution in [0.2, 0.25) is 5.02 Å². The van der Waals surface area contributed by atoms with Crippen molar-refractivity contribution < 1.29 is 13.9 Å². The van der Waals surface area contributed by atoms with E-state index in [0.29, 0.717) is 29.4 Å². The molecule has 2 aromatic heterocycles. The van der Waals surface area contributed by atoms with Gasteiger partial charge in [-0.25, -0.2) is 4.99 Å². The normalized spacial score (nSPS) is 11.2. The van der Waals surface area contributed by atoms with Gasteiger partial charge in [0.25, 0.3) is 5.91 Å². The molecular weight excluding hydrogens is 404 g/mol. The highest BCUT2D eigenvalue weighted by Gasteiger charge is 2.16. The minimum atomic E-state index is -0.203. The molecule has 0 saturated carbocycles. The van der Waals surface area contributed by atoms with Crippen LogP contribution in [0.4, 0.5) is 5.69 Å². The zero-order chi connectivity index (χ0) is 21.7. The van der Waals surface area contributed by atoms with Crippen molar-refractivity contribution in [2.45, 2.75) is 33.8 Å². The van der Waals surface area contributed by atoms with Gasteiger partial charge in [-0.1, -0.05) is 18.5 Å². The summed E-state index contributed by atoms with van der Waals surface area (Å²) in [6, 6.07) is 7.42. The molecule has 0 aliphatic rings. The average Bonchev–Trinajstić information content (AvgIpc) is 3.33. The predicted molar refractivity (Wildman–Crippen MR) is 117 cm³/mol. The SMILES string of the molecule is CCCNC(=O)c1c(N=Cc2ccc(COc3cc(C)c(Cl)c(C)c3)o2)cnn1C. The summed E-state index contributed by atoms with van der Waals surface area (Å²) in [4.78, 5) is 16.7. The molecule has 0 aliphatic heterocycles. The van der Waals surface area contributed by atoms with Crippen molar-refractivity contribution >= 4 is 29.4 Å². The number of carbonyl (C=O) groups excluding carboxylic acids is 1. The van der Waals surface area contributed by atoms with Gasteiger partial charge in [-0.15, -0.1) is 0 Å². The van der Waals surface area contributed by atoms with Crippen molar-refractivity contribution in [2.75, 3.05) is 6.54 Å². The number of nitrogens with one attached hydrogen (secondary N) is 1. The minimum Gasteiger partial charge on any atom is -0.486 e. The van der Waals surface area contributed by atoms with Crippen LogP contribution in [0, 0.1) is 13.8 Å². The van der Waals surface area contributed by atoms with Crippen LogP contribution in [0.5, 0.6) is 5.75 Å². The van der Waals surface area contributed by atoms with E-state index in [0.717, 1.165) is 28.3 Å². The summed E-state index contributed by atoms with van der Waals surface area (Å²) in [6.45, 7) is 6.76. The molecule has 7 nitrogen and oxygen atoms in total. The van der Waals surface area contributed by atoms with Gasteiger partial charge in [-0.05, 0) is 55.7 Å². The molecule has 0 radical (unpaired) electrons. The number of aromatic nitrogens is 2. The predicted octanol–water partition coefficient (Wildman–Crippen LogP) is 4.75. The molecule has 1 aromatic carbocycles. The fraction of sp³-hybridized carbons (Fsp3) is 0.318. The van der Waals surface area contributed by atoms with Gasteiger partial charge < -0.3 is 14.5 Å². The van der Waals surface area contributed by atoms with Crippen molar-refractivity contribution in [3.8, 4) is 5.75 Å². The fourth-order valence-electron chi connectivity index (χ4n) is 2.92. The zero-order valence-corrected chi connectivity index (χ0v) is 18.3. The minimum absolute atomic E-state index is 0.203. The van der Waals surface area contributed by atoms with Gasteiger partial charge in [-0.2, -0.15) is 5.10 Å². The summed E-state index contributed by atoms with van der Waals surface area (Å²) in [5.41, 5.74) is 2.82. The lowest BCUT2D eigenvalue weighted by Gasteiger charge is -2.08. The third-order valence-electron chi connectivity index (χ3n) is 4.47. The molecular formula is C22H25ClN4O3. The maximum absolute atomic E-state index is 12.3. The number of hydrogen-bond donors (Lipinski definition) is 1. The van der Waals surface area contributed by atoms with Crippen LogP contribution in [0.15, 0.2) is 39.9 Å². The Balaban J connectivity index is 1.66. The van der Waals surface area contributed by atoms with Crippen molar-refractivity contribution in [3.05, 3.63) is 63.8 Å². The summed E-state index contributed by atoms with van der Waals surface area (Å²) in [6.07, 6.45) is 3.97.